The minimum atomic E-state index is -7.25. The number of piperidine rings is 3. The summed E-state index contributed by atoms with van der Waals surface area (Å²) in [5, 5.41) is -32.4. The van der Waals surface area contributed by atoms with Crippen LogP contribution in [0.1, 0.15) is 90.4 Å². The number of sulfonamides is 3. The Hall–Kier alpha value is -8.55. The van der Waals surface area contributed by atoms with Gasteiger partial charge in [0.15, 0.2) is 69.2 Å². The van der Waals surface area contributed by atoms with Crippen molar-refractivity contribution in [2.45, 2.75) is 189 Å². The lowest BCUT2D eigenvalue weighted by Crippen LogP contribution is -2.64. The summed E-state index contributed by atoms with van der Waals surface area (Å²) in [5.41, 5.74) is 0. The van der Waals surface area contributed by atoms with Crippen LogP contribution in [0.3, 0.4) is 0 Å². The van der Waals surface area contributed by atoms with Crippen molar-refractivity contribution in [1.82, 2.24) is 12.9 Å². The Morgan fingerprint density at radius 3 is 0.778 bits per heavy atom. The van der Waals surface area contributed by atoms with E-state index in [-0.39, 0.29) is 108 Å². The van der Waals surface area contributed by atoms with Gasteiger partial charge in [0.25, 0.3) is 30.1 Å². The molecule has 0 N–H and O–H groups in total. The smallest absolute Gasteiger partial charge is 0.428 e. The number of methoxy groups -OCH3 is 2. The van der Waals surface area contributed by atoms with E-state index < -0.39 is 133 Å². The van der Waals surface area contributed by atoms with Crippen molar-refractivity contribution in [3.05, 3.63) is 291 Å². The van der Waals surface area contributed by atoms with Crippen LogP contribution < -0.4 is 9.47 Å². The number of ether oxygens (including phenoxy) is 3. The highest BCUT2D eigenvalue weighted by Crippen LogP contribution is 2.56. The van der Waals surface area contributed by atoms with Gasteiger partial charge in [-0.05, 0) is 208 Å². The van der Waals surface area contributed by atoms with Crippen LogP contribution in [0.15, 0.2) is 340 Å². The van der Waals surface area contributed by atoms with Crippen LogP contribution in [-0.2, 0) is 98.6 Å². The molecule has 16 rings (SSSR count). The molecule has 4 heterocycles. The van der Waals surface area contributed by atoms with E-state index in [1.54, 1.807) is 14.2 Å². The minimum Gasteiger partial charge on any atom is -0.743 e. The second kappa shape index (κ2) is 50.2. The SMILES string of the molecule is CC(F)(F)C(F)(F)C(F)(F)S(=O)(=O)N1CCCCC1.COc1ccc([S+](c2ccccc2)c2ccccc2)cc1.COc1ccc([S+]2CCOCC2)cc1.O=S(=O)([O-])C(F)(F)C(F)(F)C(F)(F)S(=O)(=O)N1CCC2CCCCC2C1.O=S(=O)([O-])C(F)(F)C(F)(F)C(F)(F)S(=O)(=O)N1CCC2CCCCC2C1.c1ccc([S+](c2ccccc2)c2ccccc2)cc1.c1ccc([S+](c2ccccc2)c2ccccc2)cc1. The largest absolute Gasteiger partial charge is 0.743 e. The second-order valence-electron chi connectivity index (χ2n) is 33.8. The zero-order valence-corrected chi connectivity index (χ0v) is 85.1. The Morgan fingerprint density at radius 2 is 0.528 bits per heavy atom. The molecular weight excluding hydrogens is 2100 g/mol. The number of fused-ring (bicyclic) bond motifs is 2. The molecule has 0 radical (unpaired) electrons. The third-order valence-electron chi connectivity index (χ3n) is 24.3. The summed E-state index contributed by atoms with van der Waals surface area (Å²) in [6.07, 6.45) is 6.70. The molecule has 144 heavy (non-hydrogen) atoms. The number of benzene rings is 10. The highest BCUT2D eigenvalue weighted by Gasteiger charge is 2.83. The molecular formula is C99H107F18N3O15S9+2. The Balaban J connectivity index is 0.000000174. The van der Waals surface area contributed by atoms with Gasteiger partial charge in [-0.15, -0.1) is 0 Å². The van der Waals surface area contributed by atoms with Gasteiger partial charge in [0, 0.05) is 57.1 Å². The molecule has 10 aromatic rings. The van der Waals surface area contributed by atoms with Gasteiger partial charge in [0.2, 0.25) is 0 Å². The zero-order chi connectivity index (χ0) is 106. The van der Waals surface area contributed by atoms with Crippen LogP contribution in [0.5, 0.6) is 11.5 Å². The molecule has 10 aromatic carbocycles. The molecule has 45 heteroatoms. The maximum Gasteiger partial charge on any atom is 0.428 e. The number of hydrogen-bond donors (Lipinski definition) is 0. The van der Waals surface area contributed by atoms with E-state index >= 15 is 0 Å². The van der Waals surface area contributed by atoms with Gasteiger partial charge in [0.1, 0.15) is 23.0 Å². The summed E-state index contributed by atoms with van der Waals surface area (Å²) in [4.78, 5) is 13.6. The molecule has 786 valence electrons. The van der Waals surface area contributed by atoms with Crippen molar-refractivity contribution in [2.75, 3.05) is 78.2 Å². The predicted molar refractivity (Wildman–Crippen MR) is 515 cm³/mol. The maximum atomic E-state index is 14.0. The van der Waals surface area contributed by atoms with Gasteiger partial charge >= 0.3 is 50.0 Å². The number of halogens is 18. The average molecular weight is 2210 g/mol. The van der Waals surface area contributed by atoms with E-state index in [1.807, 2.05) is 24.3 Å². The molecule has 0 bridgehead atoms. The Kier molecular flexibility index (Phi) is 40.9. The summed E-state index contributed by atoms with van der Waals surface area (Å²) < 4.78 is 389. The lowest BCUT2D eigenvalue weighted by Gasteiger charge is -2.42. The van der Waals surface area contributed by atoms with Gasteiger partial charge in [-0.2, -0.15) is 91.9 Å². The molecule has 0 aromatic heterocycles. The lowest BCUT2D eigenvalue weighted by molar-refractivity contribution is -0.272. The van der Waals surface area contributed by atoms with E-state index in [4.69, 9.17) is 14.2 Å². The topological polar surface area (TPSA) is 254 Å². The molecule has 2 saturated carbocycles. The van der Waals surface area contributed by atoms with Gasteiger partial charge in [-0.25, -0.2) is 42.1 Å². The van der Waals surface area contributed by atoms with Crippen molar-refractivity contribution in [2.24, 2.45) is 23.7 Å². The summed E-state index contributed by atoms with van der Waals surface area (Å²) in [6.45, 7) is -1.61. The van der Waals surface area contributed by atoms with Crippen LogP contribution in [0, 0.1) is 23.7 Å². The van der Waals surface area contributed by atoms with Crippen LogP contribution in [0.25, 0.3) is 0 Å². The second-order valence-corrected chi connectivity index (χ2v) is 50.9. The molecule has 0 amide bonds. The van der Waals surface area contributed by atoms with E-state index in [0.717, 1.165) is 50.4 Å². The van der Waals surface area contributed by atoms with Crippen LogP contribution in [0.2, 0.25) is 0 Å². The van der Waals surface area contributed by atoms with Gasteiger partial charge < -0.3 is 23.3 Å². The number of nitrogens with zero attached hydrogens (tertiary/aromatic N) is 3. The molecule has 4 atom stereocenters. The van der Waals surface area contributed by atoms with Crippen molar-refractivity contribution in [3.8, 4) is 11.5 Å². The molecule has 6 fully saturated rings. The Bertz CT molecular complexity index is 5800. The fraction of sp³-hybridized carbons (Fsp3) is 0.394. The third-order valence-corrected chi connectivity index (χ3v) is 40.8. The molecule has 18 nitrogen and oxygen atoms in total. The van der Waals surface area contributed by atoms with Gasteiger partial charge in [-0.1, -0.05) is 191 Å². The van der Waals surface area contributed by atoms with Crippen molar-refractivity contribution in [3.63, 3.8) is 0 Å². The fourth-order valence-electron chi connectivity index (χ4n) is 16.5. The molecule has 2 aliphatic carbocycles. The predicted octanol–water partition coefficient (Wildman–Crippen LogP) is 23.1. The van der Waals surface area contributed by atoms with E-state index in [2.05, 4.69) is 267 Å². The molecule has 4 saturated heterocycles. The number of alkyl halides is 18. The van der Waals surface area contributed by atoms with E-state index in [9.17, 15) is 130 Å². The normalized spacial score (nSPS) is 18.6. The van der Waals surface area contributed by atoms with Crippen LogP contribution in [0.4, 0.5) is 79.0 Å². The van der Waals surface area contributed by atoms with E-state index in [0.29, 0.717) is 43.0 Å². The minimum absolute atomic E-state index is 0.0130. The summed E-state index contributed by atoms with van der Waals surface area (Å²) in [5.74, 6) is -21.5. The Labute approximate surface area is 839 Å². The van der Waals surface area contributed by atoms with Crippen molar-refractivity contribution in [1.29, 1.82) is 0 Å². The van der Waals surface area contributed by atoms with Crippen LogP contribution in [-0.4, -0.2) is 192 Å². The average Bonchev–Trinajstić information content (AvgIpc) is 0.719. The van der Waals surface area contributed by atoms with Crippen LogP contribution >= 0.6 is 0 Å². The maximum absolute atomic E-state index is 14.0. The molecule has 4 aliphatic heterocycles. The molecule has 0 spiro atoms. The van der Waals surface area contributed by atoms with Gasteiger partial charge in [-0.3, -0.25) is 0 Å². The quantitative estimate of drug-likeness (QED) is 0.0277. The summed E-state index contributed by atoms with van der Waals surface area (Å²) in [7, 11) is -29.3. The first-order valence-corrected chi connectivity index (χ1v) is 57.5. The highest BCUT2D eigenvalue weighted by molar-refractivity contribution is 7.98. The van der Waals surface area contributed by atoms with Gasteiger partial charge in [0.05, 0.1) is 60.1 Å². The first kappa shape index (κ1) is 117. The number of hydrogen-bond acceptors (Lipinski definition) is 15. The highest BCUT2D eigenvalue weighted by atomic mass is 32.2. The van der Waals surface area contributed by atoms with Crippen molar-refractivity contribution < 1.29 is 144 Å². The lowest BCUT2D eigenvalue weighted by atomic mass is 9.76. The fourth-order valence-corrected chi connectivity index (χ4v) is 30.2. The third kappa shape index (κ3) is 27.4. The molecule has 6 aliphatic rings. The number of rotatable bonds is 26. The standard InChI is InChI=1S/C19H17OS.2C18H15S.2C12H17F6NO5S2.C11H15O2S.C9H13F6NO2S/c1-20-16-12-14-19(15-13-16)21(17-8-4-2-5-9-17)18-10-6-3-7-11-18;2*1-4-10-16(11-5-1)19(17-12-6-2-7-13-17)18-14-8-3-9-15-18;2*13-10(14,12(17,18)26(22,23)24)11(15,16)25(20,21)19-6-5-8-3-1-2-4-9(8)7-19;1-12-10-2-4-11(5-3-10)14-8-6-13-7-9-14;1-7(10,11)8(12,13)9(14,15)19(17,18)16-5-3-2-4-6-16/h2-15H,1H3;2*1-15H;2*8-9H,1-7H2,(H,22,23,24);2-5H,6-9H2,1H3;2-6H2,1H3/q3*+1;;;+1;/p-2. The van der Waals surface area contributed by atoms with E-state index in [1.165, 1.54) is 60.5 Å². The first-order valence-electron chi connectivity index (χ1n) is 45.1. The molecule has 4 unspecified atom stereocenters. The first-order chi connectivity index (χ1) is 67.7. The Morgan fingerprint density at radius 1 is 0.292 bits per heavy atom. The summed E-state index contributed by atoms with van der Waals surface area (Å²) >= 11 is 0. The monoisotopic (exact) mass is 2210 g/mol. The summed E-state index contributed by atoms with van der Waals surface area (Å²) in [6, 6.07) is 102. The zero-order valence-electron chi connectivity index (χ0n) is 77.7. The van der Waals surface area contributed by atoms with Crippen molar-refractivity contribution >= 4 is 93.9 Å².